The molecule has 1 aromatic carbocycles. The van der Waals surface area contributed by atoms with E-state index in [9.17, 15) is 0 Å². The van der Waals surface area contributed by atoms with E-state index in [1.54, 1.807) is 0 Å². The molecule has 0 aliphatic heterocycles. The molecule has 2 N–H and O–H groups in total. The lowest BCUT2D eigenvalue weighted by Crippen LogP contribution is -2.21. The zero-order chi connectivity index (χ0) is 13.0. The van der Waals surface area contributed by atoms with Crippen LogP contribution in [0, 0.1) is 11.3 Å². The van der Waals surface area contributed by atoms with E-state index in [1.807, 2.05) is 18.2 Å². The van der Waals surface area contributed by atoms with Crippen LogP contribution in [0.1, 0.15) is 18.1 Å². The van der Waals surface area contributed by atoms with Gasteiger partial charge in [-0.15, -0.1) is 0 Å². The third-order valence-corrected chi connectivity index (χ3v) is 3.62. The molecule has 0 saturated heterocycles. The Hall–Kier alpha value is -2.06. The molecule has 1 heterocycles. The average molecular weight is 258 g/mol. The monoisotopic (exact) mass is 258 g/mol. The fourth-order valence-corrected chi connectivity index (χ4v) is 2.57. The molecule has 0 aliphatic rings. The molecule has 0 saturated carbocycles. The van der Waals surface area contributed by atoms with E-state index in [0.29, 0.717) is 11.4 Å². The van der Waals surface area contributed by atoms with Gasteiger partial charge in [-0.25, -0.2) is 0 Å². The van der Waals surface area contributed by atoms with Gasteiger partial charge < -0.3 is 10.6 Å². The molecule has 2 aromatic rings. The van der Waals surface area contributed by atoms with Crippen LogP contribution in [0.2, 0.25) is 0 Å². The molecule has 4 nitrogen and oxygen atoms in total. The highest BCUT2D eigenvalue weighted by Crippen LogP contribution is 2.30. The summed E-state index contributed by atoms with van der Waals surface area (Å²) >= 11 is 1.28. The maximum Gasteiger partial charge on any atom is 0.157 e. The summed E-state index contributed by atoms with van der Waals surface area (Å²) in [6.45, 7) is 3.62. The zero-order valence-electron chi connectivity index (χ0n) is 10.1. The van der Waals surface area contributed by atoms with Crippen molar-refractivity contribution in [2.75, 3.05) is 17.2 Å². The van der Waals surface area contributed by atoms with Crippen molar-refractivity contribution >= 4 is 22.4 Å². The quantitative estimate of drug-likeness (QED) is 0.915. The zero-order valence-corrected chi connectivity index (χ0v) is 10.9. The Morgan fingerprint density at radius 1 is 1.39 bits per heavy atom. The number of nitriles is 1. The minimum atomic E-state index is 0.323. The maximum atomic E-state index is 9.11. The number of benzene rings is 1. The van der Waals surface area contributed by atoms with Crippen molar-refractivity contribution < 1.29 is 0 Å². The number of rotatable bonds is 4. The number of anilines is 2. The SMILES string of the molecule is CCN(Cc1ccccc1)c1snc(N)c1C#N. The minimum Gasteiger partial charge on any atom is -0.382 e. The number of nitrogens with zero attached hydrogens (tertiary/aromatic N) is 3. The highest BCUT2D eigenvalue weighted by Gasteiger charge is 2.16. The first-order chi connectivity index (χ1) is 8.76. The summed E-state index contributed by atoms with van der Waals surface area (Å²) in [5.41, 5.74) is 7.38. The molecule has 5 heteroatoms. The topological polar surface area (TPSA) is 65.9 Å². The van der Waals surface area contributed by atoms with E-state index in [4.69, 9.17) is 11.0 Å². The molecule has 0 amide bonds. The van der Waals surface area contributed by atoms with Crippen molar-refractivity contribution in [3.05, 3.63) is 41.5 Å². The predicted molar refractivity (Wildman–Crippen MR) is 74.4 cm³/mol. The van der Waals surface area contributed by atoms with Crippen molar-refractivity contribution in [1.82, 2.24) is 4.37 Å². The van der Waals surface area contributed by atoms with Crippen LogP contribution in [0.25, 0.3) is 0 Å². The summed E-state index contributed by atoms with van der Waals surface area (Å²) in [6.07, 6.45) is 0. The van der Waals surface area contributed by atoms with Gasteiger partial charge in [-0.1, -0.05) is 30.3 Å². The Balaban J connectivity index is 2.27. The van der Waals surface area contributed by atoms with Crippen LogP contribution in [0.4, 0.5) is 10.8 Å². The largest absolute Gasteiger partial charge is 0.382 e. The van der Waals surface area contributed by atoms with Crippen LogP contribution in [-0.2, 0) is 6.54 Å². The third-order valence-electron chi connectivity index (χ3n) is 2.70. The molecule has 0 atom stereocenters. The van der Waals surface area contributed by atoms with Crippen LogP contribution in [0.5, 0.6) is 0 Å². The third kappa shape index (κ3) is 2.44. The van der Waals surface area contributed by atoms with Gasteiger partial charge in [0.05, 0.1) is 0 Å². The predicted octanol–water partition coefficient (Wildman–Crippen LogP) is 2.62. The standard InChI is InChI=1S/C13H14N4S/c1-2-17(9-10-6-4-3-5-7-10)13-11(8-14)12(15)16-18-13/h3-7H,2,9H2,1H3,(H2,15,16). The summed E-state index contributed by atoms with van der Waals surface area (Å²) in [5, 5.41) is 9.96. The van der Waals surface area contributed by atoms with E-state index in [-0.39, 0.29) is 0 Å². The smallest absolute Gasteiger partial charge is 0.157 e. The van der Waals surface area contributed by atoms with Crippen molar-refractivity contribution in [2.24, 2.45) is 0 Å². The van der Waals surface area contributed by atoms with Crippen LogP contribution >= 0.6 is 11.5 Å². The molecule has 0 unspecified atom stereocenters. The first kappa shape index (κ1) is 12.4. The number of hydrogen-bond acceptors (Lipinski definition) is 5. The summed E-state index contributed by atoms with van der Waals surface area (Å²) in [4.78, 5) is 2.11. The lowest BCUT2D eigenvalue weighted by atomic mass is 10.2. The van der Waals surface area contributed by atoms with Crippen LogP contribution < -0.4 is 10.6 Å². The number of nitrogen functional groups attached to an aromatic ring is 1. The Morgan fingerprint density at radius 3 is 2.72 bits per heavy atom. The Labute approximate surface area is 110 Å². The molecule has 2 rings (SSSR count). The van der Waals surface area contributed by atoms with Gasteiger partial charge in [0.15, 0.2) is 5.82 Å². The van der Waals surface area contributed by atoms with E-state index in [0.717, 1.165) is 18.1 Å². The second-order valence-electron chi connectivity index (χ2n) is 3.86. The van der Waals surface area contributed by atoms with Crippen molar-refractivity contribution in [1.29, 1.82) is 5.26 Å². The van der Waals surface area contributed by atoms with Crippen molar-refractivity contribution in [3.8, 4) is 6.07 Å². The van der Waals surface area contributed by atoms with Crippen LogP contribution in [0.15, 0.2) is 30.3 Å². The van der Waals surface area contributed by atoms with Crippen LogP contribution in [0.3, 0.4) is 0 Å². The molecule has 0 bridgehead atoms. The lowest BCUT2D eigenvalue weighted by Gasteiger charge is -2.21. The van der Waals surface area contributed by atoms with Crippen molar-refractivity contribution in [3.63, 3.8) is 0 Å². The van der Waals surface area contributed by atoms with Gasteiger partial charge >= 0.3 is 0 Å². The highest BCUT2D eigenvalue weighted by molar-refractivity contribution is 7.10. The van der Waals surface area contributed by atoms with Gasteiger partial charge in [0.1, 0.15) is 16.6 Å². The summed E-state index contributed by atoms with van der Waals surface area (Å²) in [6, 6.07) is 12.3. The summed E-state index contributed by atoms with van der Waals surface area (Å²) in [5.74, 6) is 0.323. The minimum absolute atomic E-state index is 0.323. The highest BCUT2D eigenvalue weighted by atomic mass is 32.1. The molecule has 92 valence electrons. The molecular weight excluding hydrogens is 244 g/mol. The molecule has 0 radical (unpaired) electrons. The van der Waals surface area contributed by atoms with Gasteiger partial charge in [0.2, 0.25) is 0 Å². The Kier molecular flexibility index (Phi) is 3.80. The van der Waals surface area contributed by atoms with E-state index >= 15 is 0 Å². The van der Waals surface area contributed by atoms with E-state index in [1.165, 1.54) is 17.1 Å². The number of nitrogens with two attached hydrogens (primary N) is 1. The van der Waals surface area contributed by atoms with Gasteiger partial charge in [-0.2, -0.15) is 9.64 Å². The van der Waals surface area contributed by atoms with Crippen LogP contribution in [-0.4, -0.2) is 10.9 Å². The maximum absolute atomic E-state index is 9.11. The molecule has 0 spiro atoms. The fourth-order valence-electron chi connectivity index (χ4n) is 1.75. The summed E-state index contributed by atoms with van der Waals surface area (Å²) < 4.78 is 4.05. The number of hydrogen-bond donors (Lipinski definition) is 1. The molecule has 0 fully saturated rings. The fraction of sp³-hybridized carbons (Fsp3) is 0.231. The Morgan fingerprint density at radius 2 is 2.11 bits per heavy atom. The Bertz CT molecular complexity index is 556. The first-order valence-corrected chi connectivity index (χ1v) is 6.47. The van der Waals surface area contributed by atoms with Gasteiger partial charge in [0.25, 0.3) is 0 Å². The van der Waals surface area contributed by atoms with Gasteiger partial charge in [-0.05, 0) is 24.0 Å². The first-order valence-electron chi connectivity index (χ1n) is 5.70. The van der Waals surface area contributed by atoms with E-state index < -0.39 is 0 Å². The molecule has 0 aliphatic carbocycles. The summed E-state index contributed by atoms with van der Waals surface area (Å²) in [7, 11) is 0. The molecular formula is C13H14N4S. The molecule has 1 aromatic heterocycles. The van der Waals surface area contributed by atoms with Crippen molar-refractivity contribution in [2.45, 2.75) is 13.5 Å². The van der Waals surface area contributed by atoms with Gasteiger partial charge in [-0.3, -0.25) is 0 Å². The van der Waals surface area contributed by atoms with Gasteiger partial charge in [0, 0.05) is 13.1 Å². The second kappa shape index (κ2) is 5.52. The van der Waals surface area contributed by atoms with E-state index in [2.05, 4.69) is 34.4 Å². The number of aromatic nitrogens is 1. The molecule has 18 heavy (non-hydrogen) atoms. The average Bonchev–Trinajstić information content (AvgIpc) is 2.78. The second-order valence-corrected chi connectivity index (χ2v) is 4.61. The normalized spacial score (nSPS) is 10.0. The lowest BCUT2D eigenvalue weighted by molar-refractivity contribution is 0.840.